The summed E-state index contributed by atoms with van der Waals surface area (Å²) in [4.78, 5) is 0. The van der Waals surface area contributed by atoms with Gasteiger partial charge in [0, 0.05) is 0 Å². The molecule has 0 saturated carbocycles. The van der Waals surface area contributed by atoms with Gasteiger partial charge in [0.1, 0.15) is 0 Å². The summed E-state index contributed by atoms with van der Waals surface area (Å²) >= 11 is 0. The maximum atomic E-state index is 2.48. The summed E-state index contributed by atoms with van der Waals surface area (Å²) in [5, 5.41) is 0. The molecule has 0 rings (SSSR count). The molecule has 0 aliphatic heterocycles. The largest absolute Gasteiger partial charge is 0.0651 e. The van der Waals surface area contributed by atoms with Crippen LogP contribution in [0.25, 0.3) is 0 Å². The summed E-state index contributed by atoms with van der Waals surface area (Å²) in [7, 11) is 0. The molecule has 0 aromatic heterocycles. The molecule has 0 nitrogen and oxygen atoms in total. The van der Waals surface area contributed by atoms with Gasteiger partial charge in [-0.1, -0.05) is 80.6 Å². The molecular formula is C18H38. The molecule has 4 atom stereocenters. The van der Waals surface area contributed by atoms with E-state index in [4.69, 9.17) is 0 Å². The average molecular weight is 255 g/mol. The van der Waals surface area contributed by atoms with Crippen LogP contribution in [-0.4, -0.2) is 0 Å². The first-order chi connectivity index (χ1) is 8.55. The molecule has 0 heteroatoms. The first-order valence-electron chi connectivity index (χ1n) is 8.55. The fourth-order valence-electron chi connectivity index (χ4n) is 3.57. The van der Waals surface area contributed by atoms with Crippen LogP contribution in [0.15, 0.2) is 0 Å². The zero-order valence-corrected chi connectivity index (χ0v) is 14.1. The Morgan fingerprint density at radius 1 is 0.556 bits per heavy atom. The van der Waals surface area contributed by atoms with Gasteiger partial charge in [-0.3, -0.25) is 0 Å². The van der Waals surface area contributed by atoms with Crippen molar-refractivity contribution in [3.05, 3.63) is 0 Å². The van der Waals surface area contributed by atoms with Gasteiger partial charge in [0.2, 0.25) is 0 Å². The highest BCUT2D eigenvalue weighted by atomic mass is 14.3. The van der Waals surface area contributed by atoms with Gasteiger partial charge in [-0.2, -0.15) is 0 Å². The minimum Gasteiger partial charge on any atom is -0.0651 e. The van der Waals surface area contributed by atoms with E-state index in [0.717, 1.165) is 29.6 Å². The summed E-state index contributed by atoms with van der Waals surface area (Å²) < 4.78 is 0. The van der Waals surface area contributed by atoms with Crippen molar-refractivity contribution in [1.29, 1.82) is 0 Å². The molecule has 0 N–H and O–H groups in total. The van der Waals surface area contributed by atoms with E-state index in [0.29, 0.717) is 0 Å². The molecule has 4 unspecified atom stereocenters. The smallest absolute Gasteiger partial charge is 0.0355 e. The molecule has 0 bridgehead atoms. The van der Waals surface area contributed by atoms with E-state index in [-0.39, 0.29) is 0 Å². The lowest BCUT2D eigenvalue weighted by molar-refractivity contribution is 0.132. The molecule has 0 aromatic carbocycles. The molecule has 0 saturated heterocycles. The lowest BCUT2D eigenvalue weighted by Gasteiger charge is -2.37. The van der Waals surface area contributed by atoms with Crippen molar-refractivity contribution in [3.63, 3.8) is 0 Å². The second-order valence-corrected chi connectivity index (χ2v) is 6.43. The molecule has 0 aromatic rings. The Morgan fingerprint density at radius 2 is 1.00 bits per heavy atom. The molecule has 0 amide bonds. The Balaban J connectivity index is 4.83. The molecule has 0 radical (unpaired) electrons. The standard InChI is InChI=1S/C18H38/c1-8-14(6)17(12-5)18(15(7)9-2)13-16(10-3)11-4/h14-18H,8-13H2,1-7H3. The third-order valence-electron chi connectivity index (χ3n) is 5.53. The highest BCUT2D eigenvalue weighted by Crippen LogP contribution is 2.38. The second-order valence-electron chi connectivity index (χ2n) is 6.43. The van der Waals surface area contributed by atoms with Crippen molar-refractivity contribution in [1.82, 2.24) is 0 Å². The first-order valence-corrected chi connectivity index (χ1v) is 8.55. The van der Waals surface area contributed by atoms with Crippen LogP contribution in [-0.2, 0) is 0 Å². The normalized spacial score (nSPS) is 18.7. The molecule has 110 valence electrons. The summed E-state index contributed by atoms with van der Waals surface area (Å²) in [6.45, 7) is 16.8. The van der Waals surface area contributed by atoms with Crippen molar-refractivity contribution in [2.75, 3.05) is 0 Å². The molecule has 0 spiro atoms. The van der Waals surface area contributed by atoms with E-state index in [1.165, 1.54) is 38.5 Å². The number of hydrogen-bond acceptors (Lipinski definition) is 0. The van der Waals surface area contributed by atoms with Gasteiger partial charge in [0.15, 0.2) is 0 Å². The van der Waals surface area contributed by atoms with Crippen LogP contribution in [0.2, 0.25) is 0 Å². The Bertz CT molecular complexity index is 180. The van der Waals surface area contributed by atoms with Crippen LogP contribution in [0.4, 0.5) is 0 Å². The van der Waals surface area contributed by atoms with Crippen LogP contribution >= 0.6 is 0 Å². The van der Waals surface area contributed by atoms with E-state index in [1.54, 1.807) is 0 Å². The van der Waals surface area contributed by atoms with Crippen molar-refractivity contribution >= 4 is 0 Å². The van der Waals surface area contributed by atoms with Gasteiger partial charge < -0.3 is 0 Å². The third-order valence-corrected chi connectivity index (χ3v) is 5.53. The van der Waals surface area contributed by atoms with Crippen LogP contribution in [0, 0.1) is 29.6 Å². The van der Waals surface area contributed by atoms with Crippen molar-refractivity contribution in [3.8, 4) is 0 Å². The Kier molecular flexibility index (Phi) is 9.87. The SMILES string of the molecule is CCC(CC)CC(C(C)CC)C(CC)C(C)CC. The Morgan fingerprint density at radius 3 is 1.33 bits per heavy atom. The van der Waals surface area contributed by atoms with Crippen LogP contribution in [0.3, 0.4) is 0 Å². The summed E-state index contributed by atoms with van der Waals surface area (Å²) in [6, 6.07) is 0. The Labute approximate surface area is 117 Å². The van der Waals surface area contributed by atoms with E-state index in [1.807, 2.05) is 0 Å². The molecule has 0 heterocycles. The highest BCUT2D eigenvalue weighted by Gasteiger charge is 2.29. The van der Waals surface area contributed by atoms with Crippen molar-refractivity contribution < 1.29 is 0 Å². The molecular weight excluding hydrogens is 216 g/mol. The van der Waals surface area contributed by atoms with Gasteiger partial charge in [0.05, 0.1) is 0 Å². The predicted molar refractivity (Wildman–Crippen MR) is 84.9 cm³/mol. The lowest BCUT2D eigenvalue weighted by atomic mass is 9.69. The number of rotatable bonds is 10. The highest BCUT2D eigenvalue weighted by molar-refractivity contribution is 4.79. The molecule has 0 aliphatic carbocycles. The van der Waals surface area contributed by atoms with Gasteiger partial charge in [-0.15, -0.1) is 0 Å². The van der Waals surface area contributed by atoms with Crippen LogP contribution in [0.5, 0.6) is 0 Å². The number of hydrogen-bond donors (Lipinski definition) is 0. The molecule has 0 fully saturated rings. The van der Waals surface area contributed by atoms with E-state index in [9.17, 15) is 0 Å². The summed E-state index contributed by atoms with van der Waals surface area (Å²) in [5.74, 6) is 4.61. The van der Waals surface area contributed by atoms with E-state index >= 15 is 0 Å². The van der Waals surface area contributed by atoms with Gasteiger partial charge in [0.25, 0.3) is 0 Å². The topological polar surface area (TPSA) is 0 Å². The van der Waals surface area contributed by atoms with Gasteiger partial charge in [-0.25, -0.2) is 0 Å². The predicted octanol–water partition coefficient (Wildman–Crippen LogP) is 6.55. The maximum absolute atomic E-state index is 2.48. The second kappa shape index (κ2) is 9.87. The summed E-state index contributed by atoms with van der Waals surface area (Å²) in [5.41, 5.74) is 0. The third kappa shape index (κ3) is 5.33. The van der Waals surface area contributed by atoms with E-state index < -0.39 is 0 Å². The molecule has 0 aliphatic rings. The minimum absolute atomic E-state index is 0.892. The van der Waals surface area contributed by atoms with Crippen molar-refractivity contribution in [2.45, 2.75) is 87.0 Å². The first kappa shape index (κ1) is 18.0. The zero-order valence-electron chi connectivity index (χ0n) is 14.1. The fraction of sp³-hybridized carbons (Fsp3) is 1.00. The van der Waals surface area contributed by atoms with Gasteiger partial charge in [-0.05, 0) is 36.0 Å². The van der Waals surface area contributed by atoms with Crippen molar-refractivity contribution in [2.24, 2.45) is 29.6 Å². The monoisotopic (exact) mass is 254 g/mol. The zero-order chi connectivity index (χ0) is 14.1. The lowest BCUT2D eigenvalue weighted by Crippen LogP contribution is -2.28. The quantitative estimate of drug-likeness (QED) is 0.415. The van der Waals surface area contributed by atoms with Crippen LogP contribution in [0.1, 0.15) is 87.0 Å². The van der Waals surface area contributed by atoms with Crippen LogP contribution < -0.4 is 0 Å². The minimum atomic E-state index is 0.892. The fourth-order valence-corrected chi connectivity index (χ4v) is 3.57. The maximum Gasteiger partial charge on any atom is -0.0355 e. The summed E-state index contributed by atoms with van der Waals surface area (Å²) in [6.07, 6.45) is 8.24. The molecule has 18 heavy (non-hydrogen) atoms. The van der Waals surface area contributed by atoms with Gasteiger partial charge >= 0.3 is 0 Å². The Hall–Kier alpha value is 0. The van der Waals surface area contributed by atoms with E-state index in [2.05, 4.69) is 48.5 Å². The average Bonchev–Trinajstić information content (AvgIpc) is 2.41.